The highest BCUT2D eigenvalue weighted by Gasteiger charge is 2.38. The van der Waals surface area contributed by atoms with Crippen LogP contribution < -0.4 is 5.73 Å². The van der Waals surface area contributed by atoms with E-state index >= 15 is 0 Å². The maximum Gasteiger partial charge on any atom is 0.249 e. The number of nitrogens with two attached hydrogens (primary N) is 1. The van der Waals surface area contributed by atoms with Gasteiger partial charge in [-0.3, -0.25) is 9.59 Å². The molecule has 3 rings (SSSR count). The fourth-order valence-corrected chi connectivity index (χ4v) is 3.22. The first kappa shape index (κ1) is 16.0. The second kappa shape index (κ2) is 7.10. The third-order valence-electron chi connectivity index (χ3n) is 4.61. The maximum absolute atomic E-state index is 12.8. The van der Waals surface area contributed by atoms with Gasteiger partial charge in [-0.15, -0.1) is 0 Å². The van der Waals surface area contributed by atoms with Crippen LogP contribution in [0.25, 0.3) is 0 Å². The topological polar surface area (TPSA) is 75.9 Å². The van der Waals surface area contributed by atoms with Crippen LogP contribution in [0.3, 0.4) is 0 Å². The Morgan fingerprint density at radius 3 is 2.78 bits per heavy atom. The summed E-state index contributed by atoms with van der Waals surface area (Å²) < 4.78 is 5.33. The molecule has 0 saturated carbocycles. The van der Waals surface area contributed by atoms with E-state index < -0.39 is 6.04 Å². The Morgan fingerprint density at radius 1 is 1.30 bits per heavy atom. The van der Waals surface area contributed by atoms with Gasteiger partial charge in [0.05, 0.1) is 6.61 Å². The number of carbonyl (C=O) groups is 2. The highest BCUT2D eigenvalue weighted by atomic mass is 16.5. The molecule has 2 saturated heterocycles. The number of ether oxygens (including phenoxy) is 1. The van der Waals surface area contributed by atoms with Crippen molar-refractivity contribution in [3.05, 3.63) is 35.9 Å². The molecule has 23 heavy (non-hydrogen) atoms. The van der Waals surface area contributed by atoms with Gasteiger partial charge in [-0.2, -0.15) is 0 Å². The number of likely N-dealkylation sites (tertiary alicyclic amines) is 1. The highest BCUT2D eigenvalue weighted by molar-refractivity contribution is 5.89. The van der Waals surface area contributed by atoms with Crippen LogP contribution >= 0.6 is 0 Å². The molecule has 124 valence electrons. The number of amides is 2. The predicted octanol–water partition coefficient (Wildman–Crippen LogP) is 0.221. The summed E-state index contributed by atoms with van der Waals surface area (Å²) in [6, 6.07) is 9.19. The number of carbonyl (C=O) groups excluding carboxylic acids is 2. The lowest BCUT2D eigenvalue weighted by Crippen LogP contribution is -2.56. The number of nitrogens with zero attached hydrogens (tertiary/aromatic N) is 2. The maximum atomic E-state index is 12.8. The van der Waals surface area contributed by atoms with Crippen LogP contribution in [0.1, 0.15) is 12.0 Å². The van der Waals surface area contributed by atoms with E-state index in [1.807, 2.05) is 35.2 Å². The van der Waals surface area contributed by atoms with Crippen molar-refractivity contribution in [2.24, 2.45) is 11.7 Å². The zero-order chi connectivity index (χ0) is 16.2. The lowest BCUT2D eigenvalue weighted by molar-refractivity contribution is -0.159. The van der Waals surface area contributed by atoms with Crippen molar-refractivity contribution in [2.75, 3.05) is 32.8 Å². The van der Waals surface area contributed by atoms with Gasteiger partial charge in [-0.05, 0) is 24.4 Å². The normalized spacial score (nSPS) is 25.0. The Kier molecular flexibility index (Phi) is 4.93. The number of hydrogen-bond donors (Lipinski definition) is 1. The summed E-state index contributed by atoms with van der Waals surface area (Å²) >= 11 is 0. The molecule has 6 heteroatoms. The quantitative estimate of drug-likeness (QED) is 0.862. The van der Waals surface area contributed by atoms with Gasteiger partial charge in [0.25, 0.3) is 0 Å². The number of rotatable bonds is 4. The van der Waals surface area contributed by atoms with Crippen LogP contribution in [0.5, 0.6) is 0 Å². The van der Waals surface area contributed by atoms with Gasteiger partial charge in [-0.25, -0.2) is 0 Å². The molecule has 1 aromatic rings. The Bertz CT molecular complexity index is 563. The van der Waals surface area contributed by atoms with E-state index in [1.54, 1.807) is 4.90 Å². The molecule has 0 radical (unpaired) electrons. The molecule has 0 bridgehead atoms. The van der Waals surface area contributed by atoms with Gasteiger partial charge in [0, 0.05) is 19.6 Å². The molecule has 1 unspecified atom stereocenters. The monoisotopic (exact) mass is 317 g/mol. The SMILES string of the molecule is NCC1CCN(C(=O)[C@H]2COCC(=O)N2Cc2ccccc2)C1. The van der Waals surface area contributed by atoms with Crippen molar-refractivity contribution < 1.29 is 14.3 Å². The lowest BCUT2D eigenvalue weighted by atomic mass is 10.1. The molecule has 0 aromatic heterocycles. The number of benzene rings is 1. The van der Waals surface area contributed by atoms with Crippen molar-refractivity contribution in [1.29, 1.82) is 0 Å². The van der Waals surface area contributed by atoms with Gasteiger partial charge < -0.3 is 20.3 Å². The number of hydrogen-bond acceptors (Lipinski definition) is 4. The Labute approximate surface area is 136 Å². The van der Waals surface area contributed by atoms with Crippen LogP contribution in [-0.4, -0.2) is 60.5 Å². The third kappa shape index (κ3) is 3.54. The summed E-state index contributed by atoms with van der Waals surface area (Å²) in [7, 11) is 0. The van der Waals surface area contributed by atoms with E-state index in [0.29, 0.717) is 32.1 Å². The van der Waals surface area contributed by atoms with Gasteiger partial charge in [0.2, 0.25) is 11.8 Å². The van der Waals surface area contributed by atoms with E-state index in [4.69, 9.17) is 10.5 Å². The first-order valence-electron chi connectivity index (χ1n) is 8.09. The minimum atomic E-state index is -0.534. The van der Waals surface area contributed by atoms with E-state index in [9.17, 15) is 9.59 Å². The van der Waals surface area contributed by atoms with Gasteiger partial charge >= 0.3 is 0 Å². The molecule has 2 N–H and O–H groups in total. The van der Waals surface area contributed by atoms with Crippen LogP contribution in [0.15, 0.2) is 30.3 Å². The van der Waals surface area contributed by atoms with E-state index in [-0.39, 0.29) is 25.0 Å². The van der Waals surface area contributed by atoms with Crippen LogP contribution in [0.2, 0.25) is 0 Å². The third-order valence-corrected chi connectivity index (χ3v) is 4.61. The predicted molar refractivity (Wildman–Crippen MR) is 85.3 cm³/mol. The van der Waals surface area contributed by atoms with E-state index in [2.05, 4.69) is 0 Å². The Balaban J connectivity index is 1.72. The summed E-state index contributed by atoms with van der Waals surface area (Å²) in [5.74, 6) is 0.208. The summed E-state index contributed by atoms with van der Waals surface area (Å²) in [4.78, 5) is 28.5. The average Bonchev–Trinajstić information content (AvgIpc) is 3.06. The molecule has 2 amide bonds. The van der Waals surface area contributed by atoms with Crippen LogP contribution in [0, 0.1) is 5.92 Å². The second-order valence-corrected chi connectivity index (χ2v) is 6.21. The minimum absolute atomic E-state index is 0.0232. The number of morpholine rings is 1. The molecule has 2 atom stereocenters. The van der Waals surface area contributed by atoms with E-state index in [1.165, 1.54) is 0 Å². The zero-order valence-corrected chi connectivity index (χ0v) is 13.2. The summed E-state index contributed by atoms with van der Waals surface area (Å²) in [5.41, 5.74) is 6.71. The second-order valence-electron chi connectivity index (χ2n) is 6.21. The molecule has 1 aromatic carbocycles. The molecular weight excluding hydrogens is 294 g/mol. The van der Waals surface area contributed by atoms with Crippen molar-refractivity contribution in [1.82, 2.24) is 9.80 Å². The van der Waals surface area contributed by atoms with Crippen molar-refractivity contribution in [3.8, 4) is 0 Å². The average molecular weight is 317 g/mol. The van der Waals surface area contributed by atoms with Gasteiger partial charge in [0.1, 0.15) is 12.6 Å². The fraction of sp³-hybridized carbons (Fsp3) is 0.529. The van der Waals surface area contributed by atoms with Gasteiger partial charge in [-0.1, -0.05) is 30.3 Å². The minimum Gasteiger partial charge on any atom is -0.369 e. The lowest BCUT2D eigenvalue weighted by Gasteiger charge is -2.36. The zero-order valence-electron chi connectivity index (χ0n) is 13.2. The molecule has 2 heterocycles. The smallest absolute Gasteiger partial charge is 0.249 e. The van der Waals surface area contributed by atoms with Crippen molar-refractivity contribution in [2.45, 2.75) is 19.0 Å². The molecule has 2 aliphatic heterocycles. The van der Waals surface area contributed by atoms with Gasteiger partial charge in [0.15, 0.2) is 0 Å². The molecule has 6 nitrogen and oxygen atoms in total. The first-order chi connectivity index (χ1) is 11.2. The van der Waals surface area contributed by atoms with E-state index in [0.717, 1.165) is 12.0 Å². The van der Waals surface area contributed by atoms with Crippen LogP contribution in [0.4, 0.5) is 0 Å². The summed E-state index contributed by atoms with van der Waals surface area (Å²) in [6.07, 6.45) is 0.933. The molecule has 2 fully saturated rings. The molecule has 0 aliphatic carbocycles. The summed E-state index contributed by atoms with van der Waals surface area (Å²) in [5, 5.41) is 0. The Morgan fingerprint density at radius 2 is 2.09 bits per heavy atom. The largest absolute Gasteiger partial charge is 0.369 e. The van der Waals surface area contributed by atoms with Crippen LogP contribution in [-0.2, 0) is 20.9 Å². The standard InChI is InChI=1S/C17H23N3O3/c18-8-14-6-7-19(9-14)17(22)15-11-23-12-16(21)20(15)10-13-4-2-1-3-5-13/h1-5,14-15H,6-12,18H2/t14?,15-/m1/s1. The molecule has 2 aliphatic rings. The molecular formula is C17H23N3O3. The first-order valence-corrected chi connectivity index (χ1v) is 8.09. The molecule has 0 spiro atoms. The van der Waals surface area contributed by atoms with Crippen molar-refractivity contribution in [3.63, 3.8) is 0 Å². The summed E-state index contributed by atoms with van der Waals surface area (Å²) in [6.45, 7) is 2.73. The fourth-order valence-electron chi connectivity index (χ4n) is 3.22. The Hall–Kier alpha value is -1.92. The van der Waals surface area contributed by atoms with Crippen molar-refractivity contribution >= 4 is 11.8 Å². The highest BCUT2D eigenvalue weighted by Crippen LogP contribution is 2.20.